The molecule has 11 nitrogen and oxygen atoms in total. The highest BCUT2D eigenvalue weighted by Gasteiger charge is 2.21. The molecule has 3 rings (SSSR count). The molecule has 2 aromatic rings. The van der Waals surface area contributed by atoms with Crippen molar-refractivity contribution < 1.29 is 33.3 Å². The Morgan fingerprint density at radius 3 is 2.32 bits per heavy atom. The maximum absolute atomic E-state index is 12.4. The maximum atomic E-state index is 12.4. The summed E-state index contributed by atoms with van der Waals surface area (Å²) in [4.78, 5) is 25.7. The third-order valence-corrected chi connectivity index (χ3v) is 7.23. The van der Waals surface area contributed by atoms with Crippen LogP contribution in [-0.2, 0) is 14.8 Å². The molecule has 0 spiro atoms. The fraction of sp³-hybridized carbons (Fsp3) is 0.462. The molecule has 1 aliphatic heterocycles. The van der Waals surface area contributed by atoms with Gasteiger partial charge in [-0.05, 0) is 61.2 Å². The van der Waals surface area contributed by atoms with Crippen LogP contribution in [0, 0.1) is 5.92 Å². The van der Waals surface area contributed by atoms with E-state index in [-0.39, 0.29) is 36.5 Å². The van der Waals surface area contributed by atoms with Gasteiger partial charge < -0.3 is 30.9 Å². The van der Waals surface area contributed by atoms with E-state index < -0.39 is 28.0 Å². The Bertz CT molecular complexity index is 1210. The first-order valence-corrected chi connectivity index (χ1v) is 14.4. The van der Waals surface area contributed by atoms with E-state index in [2.05, 4.69) is 20.3 Å². The topological polar surface area (TPSA) is 168 Å². The number of hydrogen-bond donors (Lipinski definition) is 6. The van der Waals surface area contributed by atoms with Crippen molar-refractivity contribution in [3.05, 3.63) is 53.6 Å². The van der Waals surface area contributed by atoms with E-state index in [0.717, 1.165) is 37.9 Å². The number of piperidine rings is 1. The van der Waals surface area contributed by atoms with Crippen molar-refractivity contribution in [1.82, 2.24) is 10.6 Å². The predicted molar refractivity (Wildman–Crippen MR) is 145 cm³/mol. The number of carbonyl (C=O) groups is 2. The van der Waals surface area contributed by atoms with Crippen LogP contribution in [0.3, 0.4) is 0 Å². The molecular formula is C26H36N4O7S. The minimum absolute atomic E-state index is 0.0197. The number of amides is 1. The Hall–Kier alpha value is -3.35. The van der Waals surface area contributed by atoms with Crippen LogP contribution in [0.5, 0.6) is 5.75 Å². The van der Waals surface area contributed by atoms with Gasteiger partial charge >= 0.3 is 5.97 Å². The van der Waals surface area contributed by atoms with Crippen molar-refractivity contribution in [3.63, 3.8) is 0 Å². The molecule has 2 atom stereocenters. The zero-order valence-electron chi connectivity index (χ0n) is 21.6. The first kappa shape index (κ1) is 29.2. The summed E-state index contributed by atoms with van der Waals surface area (Å²) < 4.78 is 25.2. The molecule has 1 heterocycles. The van der Waals surface area contributed by atoms with E-state index in [1.54, 1.807) is 25.1 Å². The van der Waals surface area contributed by atoms with E-state index in [0.29, 0.717) is 17.5 Å². The molecule has 1 aliphatic rings. The number of benzene rings is 2. The molecule has 0 radical (unpaired) electrons. The van der Waals surface area contributed by atoms with E-state index in [1.807, 2.05) is 12.1 Å². The number of carboxylic acid groups (broad SMARTS) is 1. The van der Waals surface area contributed by atoms with Gasteiger partial charge in [0.2, 0.25) is 10.0 Å². The largest absolute Gasteiger partial charge is 0.506 e. The zero-order valence-corrected chi connectivity index (χ0v) is 22.4. The van der Waals surface area contributed by atoms with Crippen LogP contribution in [0.4, 0.5) is 11.4 Å². The molecule has 208 valence electrons. The van der Waals surface area contributed by atoms with Gasteiger partial charge in [0.05, 0.1) is 24.0 Å². The summed E-state index contributed by atoms with van der Waals surface area (Å²) in [6, 6.07) is 11.7. The lowest BCUT2D eigenvalue weighted by molar-refractivity contribution is -0.141. The Balaban J connectivity index is 1.46. The van der Waals surface area contributed by atoms with Gasteiger partial charge in [0.15, 0.2) is 0 Å². The van der Waals surface area contributed by atoms with Crippen molar-refractivity contribution in [1.29, 1.82) is 0 Å². The lowest BCUT2D eigenvalue weighted by Gasteiger charge is -2.34. The first-order chi connectivity index (χ1) is 18.0. The molecule has 1 saturated heterocycles. The number of aliphatic hydroxyl groups excluding tert-OH is 1. The number of nitrogens with zero attached hydrogens (tertiary/aromatic N) is 1. The molecule has 12 heteroatoms. The van der Waals surface area contributed by atoms with Crippen LogP contribution in [0.15, 0.2) is 42.5 Å². The van der Waals surface area contributed by atoms with Gasteiger partial charge in [0.25, 0.3) is 5.91 Å². The van der Waals surface area contributed by atoms with Crippen LogP contribution >= 0.6 is 0 Å². The minimum Gasteiger partial charge on any atom is -0.506 e. The van der Waals surface area contributed by atoms with Gasteiger partial charge in [-0.2, -0.15) is 0 Å². The van der Waals surface area contributed by atoms with Crippen molar-refractivity contribution in [3.8, 4) is 5.75 Å². The van der Waals surface area contributed by atoms with Gasteiger partial charge in [-0.25, -0.2) is 8.42 Å². The van der Waals surface area contributed by atoms with E-state index in [9.17, 15) is 28.2 Å². The highest BCUT2D eigenvalue weighted by Crippen LogP contribution is 2.28. The molecule has 6 N–H and O–H groups in total. The summed E-state index contributed by atoms with van der Waals surface area (Å²) in [5.74, 6) is -2.05. The summed E-state index contributed by atoms with van der Waals surface area (Å²) in [5.41, 5.74) is 1.97. The van der Waals surface area contributed by atoms with Crippen LogP contribution in [0.1, 0.15) is 48.2 Å². The summed E-state index contributed by atoms with van der Waals surface area (Å²) in [5, 5.41) is 35.6. The zero-order chi connectivity index (χ0) is 27.9. The van der Waals surface area contributed by atoms with Crippen LogP contribution in [0.2, 0.25) is 0 Å². The number of aliphatic hydroxyl groups is 1. The molecule has 1 fully saturated rings. The van der Waals surface area contributed by atoms with Gasteiger partial charge in [-0.3, -0.25) is 14.3 Å². The van der Waals surface area contributed by atoms with Gasteiger partial charge in [-0.1, -0.05) is 13.0 Å². The van der Waals surface area contributed by atoms with Gasteiger partial charge in [0.1, 0.15) is 5.75 Å². The number of aliphatic carboxylic acids is 1. The lowest BCUT2D eigenvalue weighted by Crippen LogP contribution is -2.43. The Labute approximate surface area is 222 Å². The molecule has 0 bridgehead atoms. The monoisotopic (exact) mass is 548 g/mol. The lowest BCUT2D eigenvalue weighted by atomic mass is 10.0. The van der Waals surface area contributed by atoms with Crippen molar-refractivity contribution in [2.45, 2.75) is 38.3 Å². The number of aromatic hydroxyl groups is 1. The van der Waals surface area contributed by atoms with Crippen molar-refractivity contribution in [2.75, 3.05) is 42.1 Å². The smallest absolute Gasteiger partial charge is 0.308 e. The van der Waals surface area contributed by atoms with Crippen LogP contribution in [0.25, 0.3) is 0 Å². The predicted octanol–water partition coefficient (Wildman–Crippen LogP) is 1.90. The van der Waals surface area contributed by atoms with E-state index in [1.165, 1.54) is 12.1 Å². The first-order valence-electron chi connectivity index (χ1n) is 12.5. The number of hydrogen-bond acceptors (Lipinski definition) is 8. The minimum atomic E-state index is -3.57. The maximum Gasteiger partial charge on any atom is 0.308 e. The quantitative estimate of drug-likeness (QED) is 0.217. The molecule has 1 unspecified atom stereocenters. The molecule has 2 aromatic carbocycles. The van der Waals surface area contributed by atoms with E-state index >= 15 is 0 Å². The van der Waals surface area contributed by atoms with Crippen molar-refractivity contribution >= 4 is 33.3 Å². The fourth-order valence-electron chi connectivity index (χ4n) is 4.33. The number of carboxylic acids is 1. The number of phenolic OH excluding ortho intramolecular Hbond substituents is 1. The Morgan fingerprint density at radius 2 is 1.74 bits per heavy atom. The molecule has 0 saturated carbocycles. The normalized spacial score (nSPS) is 16.0. The fourth-order valence-corrected chi connectivity index (χ4v) is 4.89. The second kappa shape index (κ2) is 12.9. The van der Waals surface area contributed by atoms with Gasteiger partial charge in [-0.15, -0.1) is 0 Å². The number of phenols is 1. The van der Waals surface area contributed by atoms with Crippen LogP contribution in [-0.4, -0.2) is 74.1 Å². The van der Waals surface area contributed by atoms with Crippen molar-refractivity contribution in [2.24, 2.45) is 5.92 Å². The van der Waals surface area contributed by atoms with E-state index in [4.69, 9.17) is 5.11 Å². The average Bonchev–Trinajstić information content (AvgIpc) is 2.88. The Morgan fingerprint density at radius 1 is 1.08 bits per heavy atom. The number of rotatable bonds is 12. The molecule has 38 heavy (non-hydrogen) atoms. The number of nitrogens with one attached hydrogen (secondary N) is 3. The summed E-state index contributed by atoms with van der Waals surface area (Å²) in [7, 11) is -3.57. The second-order valence-electron chi connectivity index (χ2n) is 9.54. The summed E-state index contributed by atoms with van der Waals surface area (Å²) in [6.45, 7) is 3.72. The third-order valence-electron chi connectivity index (χ3n) is 6.64. The standard InChI is InChI=1S/C26H36N4O7S/c1-3-17(26(34)35)15-28-25(33)18-4-7-21(8-5-18)30-12-10-20(11-13-30)27-16-24(32)19-6-9-23(31)22(14-19)29-38(2,36)37/h4-9,14,17,20,24,27,29,31-32H,3,10-13,15-16H2,1-2H3,(H,28,33)(H,34,35)/t17?,24-/m0/s1. The third kappa shape index (κ3) is 8.33. The highest BCUT2D eigenvalue weighted by atomic mass is 32.2. The molecule has 0 aromatic heterocycles. The average molecular weight is 549 g/mol. The molecule has 1 amide bonds. The van der Waals surface area contributed by atoms with Crippen LogP contribution < -0.4 is 20.3 Å². The summed E-state index contributed by atoms with van der Waals surface area (Å²) >= 11 is 0. The number of carbonyl (C=O) groups excluding carboxylic acids is 1. The Kier molecular flexibility index (Phi) is 9.95. The second-order valence-corrected chi connectivity index (χ2v) is 11.3. The van der Waals surface area contributed by atoms with Gasteiger partial charge in [0, 0.05) is 43.5 Å². The number of sulfonamides is 1. The number of anilines is 2. The molecular weight excluding hydrogens is 512 g/mol. The highest BCUT2D eigenvalue weighted by molar-refractivity contribution is 7.92. The molecule has 0 aliphatic carbocycles. The SMILES string of the molecule is CCC(CNC(=O)c1ccc(N2CCC(NC[C@H](O)c3ccc(O)c(NS(C)(=O)=O)c3)CC2)cc1)C(=O)O. The summed E-state index contributed by atoms with van der Waals surface area (Å²) in [6.07, 6.45) is 2.24.